The van der Waals surface area contributed by atoms with Crippen LogP contribution in [0, 0.1) is 6.92 Å². The molecule has 0 aliphatic carbocycles. The number of imidazole rings is 1. The summed E-state index contributed by atoms with van der Waals surface area (Å²) in [6, 6.07) is 1.65. The van der Waals surface area contributed by atoms with Crippen LogP contribution in [-0.4, -0.2) is 39.0 Å². The Labute approximate surface area is 133 Å². The lowest BCUT2D eigenvalue weighted by molar-refractivity contribution is -0.132. The predicted octanol–water partition coefficient (Wildman–Crippen LogP) is 2.70. The number of H-pyrrole nitrogens is 1. The van der Waals surface area contributed by atoms with E-state index in [9.17, 15) is 4.79 Å². The molecular formula is C15H19ClN4O2. The first-order valence-electron chi connectivity index (χ1n) is 7.52. The van der Waals surface area contributed by atoms with Gasteiger partial charge >= 0.3 is 0 Å². The van der Waals surface area contributed by atoms with Gasteiger partial charge in [-0.25, -0.2) is 4.98 Å². The quantitative estimate of drug-likeness (QED) is 0.939. The fourth-order valence-corrected chi connectivity index (χ4v) is 3.02. The van der Waals surface area contributed by atoms with Gasteiger partial charge in [-0.15, -0.1) is 0 Å². The van der Waals surface area contributed by atoms with E-state index in [0.29, 0.717) is 29.7 Å². The lowest BCUT2D eigenvalue weighted by atomic mass is 9.97. The van der Waals surface area contributed by atoms with Crippen molar-refractivity contribution in [1.29, 1.82) is 0 Å². The maximum atomic E-state index is 12.4. The number of nitrogens with zero attached hydrogens (tertiary/aromatic N) is 3. The number of amides is 1. The first-order chi connectivity index (χ1) is 10.6. The van der Waals surface area contributed by atoms with Crippen molar-refractivity contribution in [3.05, 3.63) is 34.7 Å². The fraction of sp³-hybridized carbons (Fsp3) is 0.533. The van der Waals surface area contributed by atoms with Gasteiger partial charge in [0.1, 0.15) is 11.6 Å². The van der Waals surface area contributed by atoms with Crippen LogP contribution in [0.15, 0.2) is 16.8 Å². The van der Waals surface area contributed by atoms with E-state index in [4.69, 9.17) is 16.1 Å². The predicted molar refractivity (Wildman–Crippen MR) is 81.7 cm³/mol. The Kier molecular flexibility index (Phi) is 4.47. The van der Waals surface area contributed by atoms with Crippen molar-refractivity contribution in [2.24, 2.45) is 0 Å². The third-order valence-electron chi connectivity index (χ3n) is 4.00. The summed E-state index contributed by atoms with van der Waals surface area (Å²) in [5.74, 6) is 2.07. The number of halogens is 1. The topological polar surface area (TPSA) is 75.0 Å². The normalized spacial score (nSPS) is 18.6. The second-order valence-electron chi connectivity index (χ2n) is 5.75. The maximum absolute atomic E-state index is 12.4. The standard InChI is InChI=1S/C15H19ClN4O2/c1-10-8-17-15(18-10)11-3-2-6-20(9-11)14(21)5-4-12-7-13(16)19-22-12/h7-8,11H,2-6,9H2,1H3,(H,17,18)/t11-/m0/s1. The van der Waals surface area contributed by atoms with Crippen LogP contribution in [-0.2, 0) is 11.2 Å². The zero-order valence-corrected chi connectivity index (χ0v) is 13.3. The molecule has 1 aliphatic rings. The van der Waals surface area contributed by atoms with Gasteiger partial charge in [0, 0.05) is 49.8 Å². The Morgan fingerprint density at radius 1 is 1.59 bits per heavy atom. The molecule has 0 saturated carbocycles. The highest BCUT2D eigenvalue weighted by atomic mass is 35.5. The molecule has 1 saturated heterocycles. The third-order valence-corrected chi connectivity index (χ3v) is 4.18. The van der Waals surface area contributed by atoms with Crippen LogP contribution in [0.5, 0.6) is 0 Å². The number of aryl methyl sites for hydroxylation is 2. The minimum atomic E-state index is 0.139. The van der Waals surface area contributed by atoms with Crippen molar-refractivity contribution in [3.63, 3.8) is 0 Å². The molecule has 1 fully saturated rings. The van der Waals surface area contributed by atoms with Crippen LogP contribution >= 0.6 is 11.6 Å². The van der Waals surface area contributed by atoms with E-state index < -0.39 is 0 Å². The van der Waals surface area contributed by atoms with Crippen molar-refractivity contribution in [3.8, 4) is 0 Å². The Balaban J connectivity index is 1.55. The molecular weight excluding hydrogens is 304 g/mol. The van der Waals surface area contributed by atoms with Gasteiger partial charge in [-0.05, 0) is 19.8 Å². The van der Waals surface area contributed by atoms with Crippen LogP contribution in [0.2, 0.25) is 5.15 Å². The number of piperidine rings is 1. The summed E-state index contributed by atoms with van der Waals surface area (Å²) in [5.41, 5.74) is 1.06. The van der Waals surface area contributed by atoms with Crippen LogP contribution in [0.4, 0.5) is 0 Å². The summed E-state index contributed by atoms with van der Waals surface area (Å²) in [7, 11) is 0. The summed E-state index contributed by atoms with van der Waals surface area (Å²) >= 11 is 5.70. The molecule has 0 unspecified atom stereocenters. The Morgan fingerprint density at radius 2 is 2.45 bits per heavy atom. The van der Waals surface area contributed by atoms with Crippen molar-refractivity contribution in [2.45, 2.75) is 38.5 Å². The number of rotatable bonds is 4. The Hall–Kier alpha value is -1.82. The molecule has 0 aromatic carbocycles. The molecule has 3 heterocycles. The fourth-order valence-electron chi connectivity index (χ4n) is 2.86. The third kappa shape index (κ3) is 3.50. The first kappa shape index (κ1) is 15.1. The molecule has 1 amide bonds. The smallest absolute Gasteiger partial charge is 0.223 e. The Morgan fingerprint density at radius 3 is 3.14 bits per heavy atom. The van der Waals surface area contributed by atoms with Crippen LogP contribution in [0.1, 0.15) is 42.5 Å². The van der Waals surface area contributed by atoms with Crippen LogP contribution < -0.4 is 0 Å². The van der Waals surface area contributed by atoms with E-state index in [0.717, 1.165) is 37.4 Å². The Bertz CT molecular complexity index is 652. The second-order valence-corrected chi connectivity index (χ2v) is 6.13. The van der Waals surface area contributed by atoms with E-state index in [1.54, 1.807) is 6.07 Å². The molecule has 6 nitrogen and oxygen atoms in total. The van der Waals surface area contributed by atoms with E-state index in [-0.39, 0.29) is 5.91 Å². The van der Waals surface area contributed by atoms with E-state index >= 15 is 0 Å². The molecule has 7 heteroatoms. The molecule has 0 spiro atoms. The SMILES string of the molecule is Cc1cnc([C@H]2CCCN(C(=O)CCc3cc(Cl)no3)C2)[nH]1. The van der Waals surface area contributed by atoms with Crippen molar-refractivity contribution in [1.82, 2.24) is 20.0 Å². The van der Waals surface area contributed by atoms with E-state index in [1.165, 1.54) is 0 Å². The highest BCUT2D eigenvalue weighted by molar-refractivity contribution is 6.29. The minimum absolute atomic E-state index is 0.139. The lowest BCUT2D eigenvalue weighted by Gasteiger charge is -2.32. The zero-order chi connectivity index (χ0) is 15.5. The highest BCUT2D eigenvalue weighted by Gasteiger charge is 2.26. The van der Waals surface area contributed by atoms with E-state index in [1.807, 2.05) is 18.0 Å². The van der Waals surface area contributed by atoms with Gasteiger partial charge in [-0.2, -0.15) is 0 Å². The van der Waals surface area contributed by atoms with Gasteiger partial charge in [0.05, 0.1) is 0 Å². The molecule has 1 atom stereocenters. The average molecular weight is 323 g/mol. The van der Waals surface area contributed by atoms with Gasteiger partial charge in [-0.1, -0.05) is 16.8 Å². The second kappa shape index (κ2) is 6.52. The summed E-state index contributed by atoms with van der Waals surface area (Å²) in [4.78, 5) is 22.0. The number of aromatic amines is 1. The number of likely N-dealkylation sites (tertiary alicyclic amines) is 1. The van der Waals surface area contributed by atoms with Crippen molar-refractivity contribution >= 4 is 17.5 Å². The van der Waals surface area contributed by atoms with Gasteiger partial charge in [-0.3, -0.25) is 4.79 Å². The summed E-state index contributed by atoms with van der Waals surface area (Å²) in [6.07, 6.45) is 4.84. The largest absolute Gasteiger partial charge is 0.360 e. The van der Waals surface area contributed by atoms with Crippen molar-refractivity contribution < 1.29 is 9.32 Å². The first-order valence-corrected chi connectivity index (χ1v) is 7.90. The molecule has 1 aliphatic heterocycles. The zero-order valence-electron chi connectivity index (χ0n) is 12.5. The average Bonchev–Trinajstić information content (AvgIpc) is 3.13. The van der Waals surface area contributed by atoms with Crippen LogP contribution in [0.25, 0.3) is 0 Å². The van der Waals surface area contributed by atoms with Gasteiger partial charge in [0.25, 0.3) is 0 Å². The molecule has 3 rings (SSSR count). The van der Waals surface area contributed by atoms with Gasteiger partial charge < -0.3 is 14.4 Å². The monoisotopic (exact) mass is 322 g/mol. The van der Waals surface area contributed by atoms with Crippen molar-refractivity contribution in [2.75, 3.05) is 13.1 Å². The molecule has 22 heavy (non-hydrogen) atoms. The molecule has 118 valence electrons. The summed E-state index contributed by atoms with van der Waals surface area (Å²) < 4.78 is 5.03. The number of hydrogen-bond acceptors (Lipinski definition) is 4. The number of carbonyl (C=O) groups is 1. The number of aromatic nitrogens is 3. The molecule has 2 aromatic heterocycles. The number of carbonyl (C=O) groups excluding carboxylic acids is 1. The van der Waals surface area contributed by atoms with E-state index in [2.05, 4.69) is 15.1 Å². The number of hydrogen-bond donors (Lipinski definition) is 1. The maximum Gasteiger partial charge on any atom is 0.223 e. The molecule has 0 bridgehead atoms. The molecule has 0 radical (unpaired) electrons. The molecule has 1 N–H and O–H groups in total. The summed E-state index contributed by atoms with van der Waals surface area (Å²) in [5, 5.41) is 3.94. The minimum Gasteiger partial charge on any atom is -0.360 e. The lowest BCUT2D eigenvalue weighted by Crippen LogP contribution is -2.39. The number of nitrogens with one attached hydrogen (secondary N) is 1. The summed E-state index contributed by atoms with van der Waals surface area (Å²) in [6.45, 7) is 3.53. The van der Waals surface area contributed by atoms with Crippen LogP contribution in [0.3, 0.4) is 0 Å². The highest BCUT2D eigenvalue weighted by Crippen LogP contribution is 2.25. The molecule has 2 aromatic rings. The van der Waals surface area contributed by atoms with Gasteiger partial charge in [0.15, 0.2) is 5.15 Å². The van der Waals surface area contributed by atoms with Gasteiger partial charge in [0.2, 0.25) is 5.91 Å².